The lowest BCUT2D eigenvalue weighted by Crippen LogP contribution is -2.52. The quantitative estimate of drug-likeness (QED) is 0.543. The van der Waals surface area contributed by atoms with Crippen molar-refractivity contribution in [1.82, 2.24) is 10.6 Å². The van der Waals surface area contributed by atoms with Crippen molar-refractivity contribution in [3.05, 3.63) is 0 Å². The largest absolute Gasteiger partial charge is 0.481 e. The van der Waals surface area contributed by atoms with Gasteiger partial charge in [-0.05, 0) is 27.7 Å². The normalized spacial score (nSPS) is 11.6. The molecule has 0 bridgehead atoms. The van der Waals surface area contributed by atoms with Gasteiger partial charge in [0.2, 0.25) is 11.8 Å². The number of primary amides is 1. The zero-order valence-corrected chi connectivity index (χ0v) is 12.1. The van der Waals surface area contributed by atoms with Gasteiger partial charge in [-0.15, -0.1) is 0 Å². The summed E-state index contributed by atoms with van der Waals surface area (Å²) in [6, 6.07) is -0.803. The first kappa shape index (κ1) is 17.9. The molecule has 0 aromatic heterocycles. The Labute approximate surface area is 117 Å². The molecular weight excluding hydrogens is 266 g/mol. The second kappa shape index (κ2) is 6.36. The molecule has 0 fully saturated rings. The van der Waals surface area contributed by atoms with Crippen molar-refractivity contribution in [2.75, 3.05) is 0 Å². The van der Waals surface area contributed by atoms with Gasteiger partial charge in [0.25, 0.3) is 0 Å². The molecule has 0 aromatic carbocycles. The number of carboxylic acid groups (broad SMARTS) is 1. The van der Waals surface area contributed by atoms with Crippen LogP contribution in [0.15, 0.2) is 0 Å². The number of rotatable bonds is 6. The highest BCUT2D eigenvalue weighted by atomic mass is 16.4. The van der Waals surface area contributed by atoms with Crippen LogP contribution >= 0.6 is 0 Å². The summed E-state index contributed by atoms with van der Waals surface area (Å²) in [5.41, 5.74) is 2.85. The number of imide groups is 1. The Morgan fingerprint density at radius 3 is 1.95 bits per heavy atom. The van der Waals surface area contributed by atoms with Crippen LogP contribution in [-0.4, -0.2) is 34.5 Å². The second-order valence-electron chi connectivity index (χ2n) is 5.90. The van der Waals surface area contributed by atoms with Crippen LogP contribution in [0.2, 0.25) is 0 Å². The molecule has 0 radical (unpaired) electrons. The highest BCUT2D eigenvalue weighted by Gasteiger charge is 2.31. The van der Waals surface area contributed by atoms with Crippen molar-refractivity contribution in [1.29, 1.82) is 0 Å². The number of hydrogen-bond donors (Lipinski definition) is 4. The lowest BCUT2D eigenvalue weighted by molar-refractivity contribution is -0.149. The number of carboxylic acids is 1. The number of aliphatic carboxylic acids is 1. The van der Waals surface area contributed by atoms with Gasteiger partial charge in [0.15, 0.2) is 0 Å². The third-order valence-corrected chi connectivity index (χ3v) is 2.50. The minimum absolute atomic E-state index is 0.0881. The number of carbonyl (C=O) groups excluding carboxylic acids is 3. The molecule has 0 spiro atoms. The topological polar surface area (TPSA) is 139 Å². The lowest BCUT2D eigenvalue weighted by atomic mass is 9.89. The molecule has 8 nitrogen and oxygen atoms in total. The Morgan fingerprint density at radius 2 is 1.55 bits per heavy atom. The Kier molecular flexibility index (Phi) is 5.68. The summed E-state index contributed by atoms with van der Waals surface area (Å²) in [7, 11) is 0. The van der Waals surface area contributed by atoms with Crippen molar-refractivity contribution in [3.63, 3.8) is 0 Å². The molecule has 0 aliphatic carbocycles. The van der Waals surface area contributed by atoms with Gasteiger partial charge in [-0.2, -0.15) is 0 Å². The van der Waals surface area contributed by atoms with E-state index in [9.17, 15) is 19.2 Å². The maximum absolute atomic E-state index is 11.6. The minimum atomic E-state index is -1.27. The van der Waals surface area contributed by atoms with Crippen LogP contribution in [0.5, 0.6) is 0 Å². The van der Waals surface area contributed by atoms with Crippen LogP contribution in [0.4, 0.5) is 4.79 Å². The molecule has 5 N–H and O–H groups in total. The second-order valence-corrected chi connectivity index (χ2v) is 5.90. The van der Waals surface area contributed by atoms with Gasteiger partial charge < -0.3 is 16.2 Å². The number of amides is 4. The SMILES string of the molecule is CC(C)(CC(N)=O)NC(=O)NC(=O)CC(C)(C)C(=O)O. The van der Waals surface area contributed by atoms with E-state index in [1.807, 2.05) is 5.32 Å². The zero-order valence-electron chi connectivity index (χ0n) is 12.1. The van der Waals surface area contributed by atoms with Crippen molar-refractivity contribution in [2.24, 2.45) is 11.1 Å². The Morgan fingerprint density at radius 1 is 1.05 bits per heavy atom. The van der Waals surface area contributed by atoms with Gasteiger partial charge in [0.1, 0.15) is 0 Å². The maximum atomic E-state index is 11.6. The molecule has 114 valence electrons. The van der Waals surface area contributed by atoms with Crippen LogP contribution in [-0.2, 0) is 14.4 Å². The number of hydrogen-bond acceptors (Lipinski definition) is 4. The monoisotopic (exact) mass is 287 g/mol. The van der Waals surface area contributed by atoms with E-state index in [2.05, 4.69) is 5.32 Å². The van der Waals surface area contributed by atoms with Gasteiger partial charge >= 0.3 is 12.0 Å². The summed E-state index contributed by atoms with van der Waals surface area (Å²) in [6.45, 7) is 5.90. The molecule has 8 heteroatoms. The van der Waals surface area contributed by atoms with Crippen LogP contribution < -0.4 is 16.4 Å². The first-order valence-electron chi connectivity index (χ1n) is 5.99. The van der Waals surface area contributed by atoms with Gasteiger partial charge in [-0.3, -0.25) is 19.7 Å². The number of urea groups is 1. The molecular formula is C12H21N3O5. The van der Waals surface area contributed by atoms with E-state index in [1.54, 1.807) is 13.8 Å². The highest BCUT2D eigenvalue weighted by molar-refractivity contribution is 5.96. The van der Waals surface area contributed by atoms with Crippen molar-refractivity contribution in [3.8, 4) is 0 Å². The summed E-state index contributed by atoms with van der Waals surface area (Å²) < 4.78 is 0. The third kappa shape index (κ3) is 6.72. The fourth-order valence-corrected chi connectivity index (χ4v) is 1.47. The fourth-order valence-electron chi connectivity index (χ4n) is 1.47. The molecule has 0 unspecified atom stereocenters. The van der Waals surface area contributed by atoms with Gasteiger partial charge in [0, 0.05) is 18.4 Å². The van der Waals surface area contributed by atoms with Crippen molar-refractivity contribution < 1.29 is 24.3 Å². The van der Waals surface area contributed by atoms with E-state index in [0.29, 0.717) is 0 Å². The lowest BCUT2D eigenvalue weighted by Gasteiger charge is -2.25. The summed E-state index contributed by atoms with van der Waals surface area (Å²) in [4.78, 5) is 44.8. The number of carbonyl (C=O) groups is 4. The van der Waals surface area contributed by atoms with Gasteiger partial charge in [-0.25, -0.2) is 4.79 Å². The van der Waals surface area contributed by atoms with E-state index in [-0.39, 0.29) is 12.8 Å². The summed E-state index contributed by atoms with van der Waals surface area (Å²) >= 11 is 0. The molecule has 4 amide bonds. The number of nitrogens with two attached hydrogens (primary N) is 1. The summed E-state index contributed by atoms with van der Waals surface area (Å²) in [6.07, 6.45) is -0.429. The van der Waals surface area contributed by atoms with Gasteiger partial charge in [0.05, 0.1) is 5.41 Å². The molecule has 0 atom stereocenters. The average molecular weight is 287 g/mol. The van der Waals surface area contributed by atoms with E-state index in [1.165, 1.54) is 13.8 Å². The molecule has 0 saturated heterocycles. The predicted molar refractivity (Wildman–Crippen MR) is 70.6 cm³/mol. The molecule has 0 aliphatic heterocycles. The minimum Gasteiger partial charge on any atom is -0.481 e. The molecule has 0 heterocycles. The van der Waals surface area contributed by atoms with Crippen molar-refractivity contribution in [2.45, 2.75) is 46.1 Å². The Hall–Kier alpha value is -2.12. The molecule has 0 rings (SSSR count). The van der Waals surface area contributed by atoms with E-state index in [4.69, 9.17) is 10.8 Å². The molecule has 0 aromatic rings. The van der Waals surface area contributed by atoms with Crippen molar-refractivity contribution >= 4 is 23.8 Å². The standard InChI is InChI=1S/C12H21N3O5/c1-11(2,9(18)19)6-8(17)14-10(20)15-12(3,4)5-7(13)16/h5-6H2,1-4H3,(H2,13,16)(H,18,19)(H2,14,15,17,20). The fraction of sp³-hybridized carbons (Fsp3) is 0.667. The van der Waals surface area contributed by atoms with E-state index < -0.39 is 34.8 Å². The maximum Gasteiger partial charge on any atom is 0.321 e. The first-order chi connectivity index (χ1) is 8.85. The molecule has 0 saturated carbocycles. The Bertz CT molecular complexity index is 429. The first-order valence-corrected chi connectivity index (χ1v) is 5.99. The van der Waals surface area contributed by atoms with E-state index >= 15 is 0 Å². The van der Waals surface area contributed by atoms with E-state index in [0.717, 1.165) is 0 Å². The molecule has 0 aliphatic rings. The molecule has 20 heavy (non-hydrogen) atoms. The van der Waals surface area contributed by atoms with Gasteiger partial charge in [-0.1, -0.05) is 0 Å². The summed E-state index contributed by atoms with van der Waals surface area (Å²) in [5.74, 6) is -2.44. The van der Waals surface area contributed by atoms with Crippen LogP contribution in [0, 0.1) is 5.41 Å². The number of nitrogens with one attached hydrogen (secondary N) is 2. The zero-order chi connectivity index (χ0) is 16.1. The smallest absolute Gasteiger partial charge is 0.321 e. The highest BCUT2D eigenvalue weighted by Crippen LogP contribution is 2.19. The van der Waals surface area contributed by atoms with Crippen LogP contribution in [0.25, 0.3) is 0 Å². The Balaban J connectivity index is 4.45. The predicted octanol–water partition coefficient (Wildman–Crippen LogP) is -0.0329. The summed E-state index contributed by atoms with van der Waals surface area (Å²) in [5, 5.41) is 13.3. The average Bonchev–Trinajstić information content (AvgIpc) is 2.11. The van der Waals surface area contributed by atoms with Crippen LogP contribution in [0.1, 0.15) is 40.5 Å². The van der Waals surface area contributed by atoms with Crippen LogP contribution in [0.3, 0.4) is 0 Å². The third-order valence-electron chi connectivity index (χ3n) is 2.50.